The van der Waals surface area contributed by atoms with Crippen LogP contribution in [0.15, 0.2) is 12.3 Å². The minimum atomic E-state index is -0.748. The lowest BCUT2D eigenvalue weighted by Crippen LogP contribution is -2.39. The van der Waals surface area contributed by atoms with Crippen LogP contribution in [0.4, 0.5) is 0 Å². The fraction of sp³-hybridized carbons (Fsp3) is 0.300. The zero-order valence-corrected chi connectivity index (χ0v) is 10.7. The van der Waals surface area contributed by atoms with Crippen LogP contribution in [0.25, 0.3) is 0 Å². The molecule has 1 rings (SSSR count). The number of hydrogen-bond donors (Lipinski definition) is 1. The maximum atomic E-state index is 11.7. The van der Waals surface area contributed by atoms with Crippen LogP contribution < -0.4 is 5.32 Å². The number of hydrogen-bond acceptors (Lipinski definition) is 4. The Hall–Kier alpha value is -1.33. The molecule has 0 unspecified atom stereocenters. The van der Waals surface area contributed by atoms with Crippen LogP contribution in [0.2, 0.25) is 10.2 Å². The molecule has 1 heterocycles. The van der Waals surface area contributed by atoms with Gasteiger partial charge in [-0.05, 0) is 13.0 Å². The molecule has 0 radical (unpaired) electrons. The predicted molar refractivity (Wildman–Crippen MR) is 63.2 cm³/mol. The first-order chi connectivity index (χ1) is 7.95. The molecule has 1 atom stereocenters. The van der Waals surface area contributed by atoms with Gasteiger partial charge in [0, 0.05) is 6.20 Å². The summed E-state index contributed by atoms with van der Waals surface area (Å²) in [6.45, 7) is 1.51. The summed E-state index contributed by atoms with van der Waals surface area (Å²) in [7, 11) is 1.24. The standard InChI is InChI=1S/C10H10Cl2N2O3/c1-5(10(16)17-2)14-9(15)6-3-7(11)8(12)13-4-6/h3-5H,1-2H3,(H,14,15)/t5-/m0/s1. The van der Waals surface area contributed by atoms with E-state index in [0.29, 0.717) is 0 Å². The summed E-state index contributed by atoms with van der Waals surface area (Å²) in [5.41, 5.74) is 0.218. The minimum absolute atomic E-state index is 0.115. The third-order valence-electron chi connectivity index (χ3n) is 1.96. The lowest BCUT2D eigenvalue weighted by atomic mass is 10.2. The summed E-state index contributed by atoms with van der Waals surface area (Å²) >= 11 is 11.3. The van der Waals surface area contributed by atoms with E-state index in [1.807, 2.05) is 0 Å². The zero-order valence-electron chi connectivity index (χ0n) is 9.16. The van der Waals surface area contributed by atoms with Gasteiger partial charge in [0.25, 0.3) is 5.91 Å². The highest BCUT2D eigenvalue weighted by Gasteiger charge is 2.17. The first kappa shape index (κ1) is 13.7. The number of pyridine rings is 1. The number of nitrogens with zero attached hydrogens (tertiary/aromatic N) is 1. The van der Waals surface area contributed by atoms with E-state index in [1.165, 1.54) is 26.3 Å². The molecule has 0 saturated heterocycles. The van der Waals surface area contributed by atoms with Gasteiger partial charge < -0.3 is 10.1 Å². The average Bonchev–Trinajstić information content (AvgIpc) is 2.31. The third kappa shape index (κ3) is 3.57. The molecule has 0 aliphatic carbocycles. The van der Waals surface area contributed by atoms with Gasteiger partial charge in [-0.15, -0.1) is 0 Å². The van der Waals surface area contributed by atoms with Crippen LogP contribution in [-0.2, 0) is 9.53 Å². The molecule has 1 aromatic rings. The summed E-state index contributed by atoms with van der Waals surface area (Å²) in [4.78, 5) is 26.5. The Balaban J connectivity index is 2.76. The maximum absolute atomic E-state index is 11.7. The lowest BCUT2D eigenvalue weighted by Gasteiger charge is -2.11. The molecule has 0 fully saturated rings. The number of carbonyl (C=O) groups excluding carboxylic acids is 2. The van der Waals surface area contributed by atoms with Crippen LogP contribution in [0.5, 0.6) is 0 Å². The molecule has 0 bridgehead atoms. The lowest BCUT2D eigenvalue weighted by molar-refractivity contribution is -0.142. The number of nitrogens with one attached hydrogen (secondary N) is 1. The highest BCUT2D eigenvalue weighted by Crippen LogP contribution is 2.19. The van der Waals surface area contributed by atoms with Crippen molar-refractivity contribution in [2.75, 3.05) is 7.11 Å². The average molecular weight is 277 g/mol. The number of esters is 1. The molecular weight excluding hydrogens is 267 g/mol. The summed E-state index contributed by atoms with van der Waals surface area (Å²) in [5, 5.41) is 2.72. The molecule has 1 N–H and O–H groups in total. The number of methoxy groups -OCH3 is 1. The van der Waals surface area contributed by atoms with E-state index in [1.54, 1.807) is 0 Å². The monoisotopic (exact) mass is 276 g/mol. The molecule has 1 amide bonds. The smallest absolute Gasteiger partial charge is 0.328 e. The molecule has 7 heteroatoms. The summed E-state index contributed by atoms with van der Waals surface area (Å²) in [5.74, 6) is -1.01. The van der Waals surface area contributed by atoms with Crippen molar-refractivity contribution < 1.29 is 14.3 Å². The number of rotatable bonds is 3. The maximum Gasteiger partial charge on any atom is 0.328 e. The Bertz CT molecular complexity index is 451. The Kier molecular flexibility index (Phi) is 4.72. The highest BCUT2D eigenvalue weighted by atomic mass is 35.5. The Morgan fingerprint density at radius 2 is 2.12 bits per heavy atom. The second-order valence-electron chi connectivity index (χ2n) is 3.21. The van der Waals surface area contributed by atoms with Gasteiger partial charge in [0.15, 0.2) is 0 Å². The van der Waals surface area contributed by atoms with Crippen molar-refractivity contribution in [2.45, 2.75) is 13.0 Å². The van der Waals surface area contributed by atoms with Gasteiger partial charge in [0.05, 0.1) is 17.7 Å². The normalized spacial score (nSPS) is 11.8. The van der Waals surface area contributed by atoms with Crippen molar-refractivity contribution in [1.29, 1.82) is 0 Å². The van der Waals surface area contributed by atoms with Crippen LogP contribution in [-0.4, -0.2) is 30.0 Å². The molecule has 0 aromatic carbocycles. The van der Waals surface area contributed by atoms with Gasteiger partial charge >= 0.3 is 5.97 Å². The van der Waals surface area contributed by atoms with Gasteiger partial charge in [-0.25, -0.2) is 9.78 Å². The van der Waals surface area contributed by atoms with E-state index in [4.69, 9.17) is 23.2 Å². The summed E-state index contributed by atoms with van der Waals surface area (Å²) in [6.07, 6.45) is 1.27. The van der Waals surface area contributed by atoms with E-state index in [0.717, 1.165) is 0 Å². The largest absolute Gasteiger partial charge is 0.467 e. The van der Waals surface area contributed by atoms with Crippen molar-refractivity contribution in [3.8, 4) is 0 Å². The number of carbonyl (C=O) groups is 2. The van der Waals surface area contributed by atoms with Crippen LogP contribution in [0.1, 0.15) is 17.3 Å². The topological polar surface area (TPSA) is 68.3 Å². The van der Waals surface area contributed by atoms with E-state index in [2.05, 4.69) is 15.0 Å². The van der Waals surface area contributed by atoms with E-state index >= 15 is 0 Å². The van der Waals surface area contributed by atoms with Crippen molar-refractivity contribution in [3.05, 3.63) is 28.0 Å². The van der Waals surface area contributed by atoms with Gasteiger partial charge in [0.2, 0.25) is 0 Å². The predicted octanol–water partition coefficient (Wildman–Crippen LogP) is 1.68. The van der Waals surface area contributed by atoms with Crippen LogP contribution >= 0.6 is 23.2 Å². The number of amides is 1. The van der Waals surface area contributed by atoms with Crippen molar-refractivity contribution >= 4 is 35.1 Å². The van der Waals surface area contributed by atoms with E-state index < -0.39 is 17.9 Å². The molecule has 0 saturated carbocycles. The Morgan fingerprint density at radius 3 is 2.65 bits per heavy atom. The number of ether oxygens (including phenoxy) is 1. The first-order valence-electron chi connectivity index (χ1n) is 4.65. The summed E-state index contributed by atoms with van der Waals surface area (Å²) < 4.78 is 4.48. The van der Waals surface area contributed by atoms with Gasteiger partial charge in [0.1, 0.15) is 11.2 Å². The number of halogens is 2. The summed E-state index contributed by atoms with van der Waals surface area (Å²) in [6, 6.07) is 0.623. The van der Waals surface area contributed by atoms with Gasteiger partial charge in [-0.3, -0.25) is 4.79 Å². The van der Waals surface area contributed by atoms with E-state index in [9.17, 15) is 9.59 Å². The second-order valence-corrected chi connectivity index (χ2v) is 3.98. The molecule has 0 aliphatic rings. The quantitative estimate of drug-likeness (QED) is 0.674. The fourth-order valence-electron chi connectivity index (χ4n) is 1.06. The molecule has 17 heavy (non-hydrogen) atoms. The third-order valence-corrected chi connectivity index (χ3v) is 2.65. The van der Waals surface area contributed by atoms with Gasteiger partial charge in [-0.1, -0.05) is 23.2 Å². The van der Waals surface area contributed by atoms with E-state index in [-0.39, 0.29) is 15.7 Å². The van der Waals surface area contributed by atoms with Crippen LogP contribution in [0, 0.1) is 0 Å². The zero-order chi connectivity index (χ0) is 13.0. The molecule has 1 aromatic heterocycles. The van der Waals surface area contributed by atoms with Crippen molar-refractivity contribution in [3.63, 3.8) is 0 Å². The first-order valence-corrected chi connectivity index (χ1v) is 5.41. The minimum Gasteiger partial charge on any atom is -0.467 e. The SMILES string of the molecule is COC(=O)[C@H](C)NC(=O)c1cnc(Cl)c(Cl)c1. The fourth-order valence-corrected chi connectivity index (χ4v) is 1.33. The molecule has 0 spiro atoms. The Morgan fingerprint density at radius 1 is 1.47 bits per heavy atom. The van der Waals surface area contributed by atoms with Crippen molar-refractivity contribution in [2.24, 2.45) is 0 Å². The highest BCUT2D eigenvalue weighted by molar-refractivity contribution is 6.41. The van der Waals surface area contributed by atoms with Gasteiger partial charge in [-0.2, -0.15) is 0 Å². The molecular formula is C10H10Cl2N2O3. The second kappa shape index (κ2) is 5.84. The molecule has 92 valence electrons. The Labute approximate surface area is 108 Å². The van der Waals surface area contributed by atoms with Crippen molar-refractivity contribution in [1.82, 2.24) is 10.3 Å². The molecule has 0 aliphatic heterocycles. The number of aromatic nitrogens is 1. The van der Waals surface area contributed by atoms with Crippen LogP contribution in [0.3, 0.4) is 0 Å². The molecule has 5 nitrogen and oxygen atoms in total.